The van der Waals surface area contributed by atoms with Crippen LogP contribution >= 0.6 is 11.6 Å². The molecule has 0 bridgehead atoms. The van der Waals surface area contributed by atoms with Crippen LogP contribution in [0.15, 0.2) is 41.4 Å². The number of rotatable bonds is 2. The van der Waals surface area contributed by atoms with Gasteiger partial charge in [-0.05, 0) is 39.8 Å². The third-order valence-corrected chi connectivity index (χ3v) is 5.93. The topological polar surface area (TPSA) is 34.1 Å². The molecular formula is C20H21BClFN2O2. The minimum atomic E-state index is -0.547. The molecule has 2 aromatic carbocycles. The Balaban J connectivity index is 1.72. The van der Waals surface area contributed by atoms with E-state index in [2.05, 4.69) is 4.99 Å². The lowest BCUT2D eigenvalue weighted by Gasteiger charge is -2.32. The minimum Gasteiger partial charge on any atom is -0.399 e. The first-order chi connectivity index (χ1) is 12.7. The highest BCUT2D eigenvalue weighted by molar-refractivity contribution is 6.66. The normalized spacial score (nSPS) is 20.1. The van der Waals surface area contributed by atoms with Crippen molar-refractivity contribution in [2.75, 3.05) is 11.6 Å². The summed E-state index contributed by atoms with van der Waals surface area (Å²) in [6.07, 6.45) is 1.86. The van der Waals surface area contributed by atoms with E-state index in [0.29, 0.717) is 17.0 Å². The summed E-state index contributed by atoms with van der Waals surface area (Å²) < 4.78 is 26.2. The molecule has 7 heteroatoms. The van der Waals surface area contributed by atoms with Crippen LogP contribution in [-0.2, 0) is 9.31 Å². The fraction of sp³-hybridized carbons (Fsp3) is 0.350. The summed E-state index contributed by atoms with van der Waals surface area (Å²) in [7, 11) is -0.547. The van der Waals surface area contributed by atoms with Crippen LogP contribution in [0, 0.1) is 5.82 Å². The molecule has 0 aromatic heterocycles. The first-order valence-electron chi connectivity index (χ1n) is 8.91. The van der Waals surface area contributed by atoms with Crippen molar-refractivity contribution in [1.82, 2.24) is 0 Å². The molecule has 2 aromatic rings. The van der Waals surface area contributed by atoms with Gasteiger partial charge in [-0.2, -0.15) is 0 Å². The van der Waals surface area contributed by atoms with Crippen LogP contribution in [-0.4, -0.2) is 25.0 Å². The Labute approximate surface area is 163 Å². The second kappa shape index (κ2) is 6.33. The highest BCUT2D eigenvalue weighted by Crippen LogP contribution is 2.37. The number of nitrogens with zero attached hydrogens (tertiary/aromatic N) is 2. The van der Waals surface area contributed by atoms with Crippen LogP contribution in [0.3, 0.4) is 0 Å². The van der Waals surface area contributed by atoms with Gasteiger partial charge in [0.2, 0.25) is 0 Å². The summed E-state index contributed by atoms with van der Waals surface area (Å²) in [5.74, 6) is -0.319. The number of hydrogen-bond donors (Lipinski definition) is 0. The van der Waals surface area contributed by atoms with E-state index in [-0.39, 0.29) is 5.82 Å². The van der Waals surface area contributed by atoms with Gasteiger partial charge in [-0.1, -0.05) is 35.9 Å². The Kier molecular flexibility index (Phi) is 4.33. The lowest BCUT2D eigenvalue weighted by Crippen LogP contribution is -2.41. The molecule has 1 fully saturated rings. The van der Waals surface area contributed by atoms with E-state index in [1.54, 1.807) is 6.07 Å². The smallest absolute Gasteiger partial charge is 0.399 e. The van der Waals surface area contributed by atoms with Gasteiger partial charge < -0.3 is 14.2 Å². The molecule has 4 nitrogen and oxygen atoms in total. The maximum absolute atomic E-state index is 13.9. The van der Waals surface area contributed by atoms with E-state index < -0.39 is 18.3 Å². The average Bonchev–Trinajstić information content (AvgIpc) is 2.82. The number of fused-ring (bicyclic) bond motifs is 1. The Hall–Kier alpha value is -1.89. The van der Waals surface area contributed by atoms with Crippen LogP contribution in [0.5, 0.6) is 0 Å². The van der Waals surface area contributed by atoms with Crippen molar-refractivity contribution in [2.24, 2.45) is 4.99 Å². The van der Waals surface area contributed by atoms with Crippen molar-refractivity contribution >= 4 is 36.1 Å². The molecule has 2 aliphatic rings. The van der Waals surface area contributed by atoms with E-state index >= 15 is 0 Å². The third kappa shape index (κ3) is 3.06. The van der Waals surface area contributed by atoms with Crippen molar-refractivity contribution in [3.8, 4) is 0 Å². The maximum atomic E-state index is 13.9. The number of anilines is 1. The van der Waals surface area contributed by atoms with Gasteiger partial charge >= 0.3 is 7.12 Å². The molecule has 0 amide bonds. The predicted molar refractivity (Wildman–Crippen MR) is 106 cm³/mol. The second-order valence-corrected chi connectivity index (χ2v) is 8.22. The lowest BCUT2D eigenvalue weighted by atomic mass is 9.78. The minimum absolute atomic E-state index is 0.292. The van der Waals surface area contributed by atoms with Crippen LogP contribution in [0.4, 0.5) is 10.1 Å². The Bertz CT molecular complexity index is 1010. The lowest BCUT2D eigenvalue weighted by molar-refractivity contribution is 0.00578. The summed E-state index contributed by atoms with van der Waals surface area (Å²) in [5.41, 5.74) is 0.661. The highest BCUT2D eigenvalue weighted by atomic mass is 35.5. The highest BCUT2D eigenvalue weighted by Gasteiger charge is 2.52. The van der Waals surface area contributed by atoms with Gasteiger partial charge in [-0.3, -0.25) is 4.99 Å². The first-order valence-corrected chi connectivity index (χ1v) is 9.29. The van der Waals surface area contributed by atoms with Crippen molar-refractivity contribution in [3.63, 3.8) is 0 Å². The summed E-state index contributed by atoms with van der Waals surface area (Å²) in [6, 6.07) is 10.6. The summed E-state index contributed by atoms with van der Waals surface area (Å²) in [6.45, 7) is 8.32. The fourth-order valence-electron chi connectivity index (χ4n) is 3.22. The first kappa shape index (κ1) is 18.5. The quantitative estimate of drug-likeness (QED) is 0.744. The summed E-state index contributed by atoms with van der Waals surface area (Å²) in [5, 5.41) is 1.65. The van der Waals surface area contributed by atoms with E-state index in [0.717, 1.165) is 16.4 Å². The molecule has 0 aliphatic carbocycles. The van der Waals surface area contributed by atoms with Crippen molar-refractivity contribution < 1.29 is 13.7 Å². The standard InChI is InChI=1S/C20H21BClFN2O2/c1-19(2)20(3,4)27-21(26-19)14-8-6-10-16(17(14)22)25-11-13-7-5-9-15(23)18(13)24-12-25/h5-11H,12H2,1-4H3. The molecule has 1 saturated heterocycles. The summed E-state index contributed by atoms with van der Waals surface area (Å²) >= 11 is 6.73. The Morgan fingerprint density at radius 2 is 1.74 bits per heavy atom. The number of halogens is 2. The zero-order chi connectivity index (χ0) is 19.4. The third-order valence-electron chi connectivity index (χ3n) is 5.52. The second-order valence-electron chi connectivity index (χ2n) is 7.84. The Morgan fingerprint density at radius 1 is 1.07 bits per heavy atom. The molecule has 0 saturated carbocycles. The monoisotopic (exact) mass is 386 g/mol. The number of para-hydroxylation sites is 1. The SMILES string of the molecule is CC1(C)OB(c2cccc(N3C=c4cccc(F)c4=NC3)c2Cl)OC1(C)C. The molecule has 0 atom stereocenters. The van der Waals surface area contributed by atoms with Crippen LogP contribution in [0.2, 0.25) is 5.02 Å². The van der Waals surface area contributed by atoms with Crippen molar-refractivity contribution in [3.05, 3.63) is 57.8 Å². The molecule has 0 spiro atoms. The molecule has 4 rings (SSSR count). The van der Waals surface area contributed by atoms with Gasteiger partial charge in [0.1, 0.15) is 17.8 Å². The van der Waals surface area contributed by atoms with E-state index in [1.807, 2.05) is 63.1 Å². The molecule has 2 heterocycles. The summed E-state index contributed by atoms with van der Waals surface area (Å²) in [4.78, 5) is 6.26. The Morgan fingerprint density at radius 3 is 2.44 bits per heavy atom. The van der Waals surface area contributed by atoms with Gasteiger partial charge in [-0.15, -0.1) is 0 Å². The fourth-order valence-corrected chi connectivity index (χ4v) is 3.54. The zero-order valence-corrected chi connectivity index (χ0v) is 16.5. The number of benzene rings is 2. The van der Waals surface area contributed by atoms with Gasteiger partial charge in [0.25, 0.3) is 0 Å². The van der Waals surface area contributed by atoms with Crippen molar-refractivity contribution in [1.29, 1.82) is 0 Å². The largest absolute Gasteiger partial charge is 0.496 e. The van der Waals surface area contributed by atoms with E-state index in [1.165, 1.54) is 6.07 Å². The van der Waals surface area contributed by atoms with Gasteiger partial charge in [0, 0.05) is 16.9 Å². The van der Waals surface area contributed by atoms with Crippen molar-refractivity contribution in [2.45, 2.75) is 38.9 Å². The molecule has 0 unspecified atom stereocenters. The van der Waals surface area contributed by atoms with Gasteiger partial charge in [-0.25, -0.2) is 4.39 Å². The average molecular weight is 387 g/mol. The van der Waals surface area contributed by atoms with E-state index in [9.17, 15) is 4.39 Å². The molecule has 27 heavy (non-hydrogen) atoms. The van der Waals surface area contributed by atoms with Crippen LogP contribution in [0.25, 0.3) is 6.20 Å². The van der Waals surface area contributed by atoms with Crippen LogP contribution < -0.4 is 20.9 Å². The maximum Gasteiger partial charge on any atom is 0.496 e. The van der Waals surface area contributed by atoms with E-state index in [4.69, 9.17) is 20.9 Å². The van der Waals surface area contributed by atoms with Crippen LogP contribution in [0.1, 0.15) is 27.7 Å². The molecule has 0 N–H and O–H groups in total. The van der Waals surface area contributed by atoms with Gasteiger partial charge in [0.15, 0.2) is 0 Å². The van der Waals surface area contributed by atoms with Gasteiger partial charge in [0.05, 0.1) is 21.9 Å². The predicted octanol–water partition coefficient (Wildman–Crippen LogP) is 2.61. The molecule has 0 radical (unpaired) electrons. The zero-order valence-electron chi connectivity index (χ0n) is 15.8. The molecule has 140 valence electrons. The molecular weight excluding hydrogens is 365 g/mol. The molecule has 2 aliphatic heterocycles. The number of hydrogen-bond acceptors (Lipinski definition) is 4.